The van der Waals surface area contributed by atoms with Crippen LogP contribution in [0.3, 0.4) is 0 Å². The van der Waals surface area contributed by atoms with Gasteiger partial charge in [0.25, 0.3) is 5.69 Å². The van der Waals surface area contributed by atoms with Crippen molar-refractivity contribution in [3.05, 3.63) is 69.3 Å². The molecule has 0 heterocycles. The van der Waals surface area contributed by atoms with Crippen molar-refractivity contribution in [2.45, 2.75) is 0 Å². The molecule has 0 aromatic heterocycles. The highest BCUT2D eigenvalue weighted by Gasteiger charge is 2.32. The average Bonchev–Trinajstić information content (AvgIpc) is 2.84. The molecule has 5 heteroatoms. The lowest BCUT2D eigenvalue weighted by atomic mass is 9.98. The van der Waals surface area contributed by atoms with Gasteiger partial charge in [-0.3, -0.25) is 10.1 Å². The number of hydrogen-bond donors (Lipinski definition) is 0. The fraction of sp³-hybridized carbons (Fsp3) is 0. The Labute approximate surface area is 120 Å². The van der Waals surface area contributed by atoms with Crippen LogP contribution in [0.1, 0.15) is 11.1 Å². The molecule has 0 fully saturated rings. The summed E-state index contributed by atoms with van der Waals surface area (Å²) in [6, 6.07) is 15.6. The van der Waals surface area contributed by atoms with E-state index in [-0.39, 0.29) is 11.3 Å². The largest absolute Gasteiger partial charge is 0.277 e. The topological polar surface area (TPSA) is 90.7 Å². The van der Waals surface area contributed by atoms with E-state index in [1.165, 1.54) is 6.07 Å². The van der Waals surface area contributed by atoms with Crippen molar-refractivity contribution < 1.29 is 4.92 Å². The second-order valence-corrected chi connectivity index (χ2v) is 4.48. The van der Waals surface area contributed by atoms with Crippen molar-refractivity contribution >= 4 is 11.3 Å². The summed E-state index contributed by atoms with van der Waals surface area (Å²) in [4.78, 5) is 10.8. The van der Waals surface area contributed by atoms with Crippen molar-refractivity contribution in [2.24, 2.45) is 0 Å². The Kier molecular flexibility index (Phi) is 2.75. The molecule has 21 heavy (non-hydrogen) atoms. The monoisotopic (exact) mass is 273 g/mol. The van der Waals surface area contributed by atoms with Crippen LogP contribution in [0.2, 0.25) is 0 Å². The van der Waals surface area contributed by atoms with E-state index in [9.17, 15) is 10.1 Å². The van der Waals surface area contributed by atoms with Gasteiger partial charge < -0.3 is 0 Å². The standard InChI is InChI=1S/C16H7N3O2/c17-8-10(9-18)15-12-5-2-1-4-11(12)13-6-3-7-14(16(13)15)19(20)21/h1-7H. The molecule has 0 spiro atoms. The molecule has 2 aromatic carbocycles. The molecule has 0 amide bonds. The average molecular weight is 273 g/mol. The van der Waals surface area contributed by atoms with Crippen LogP contribution in [0.5, 0.6) is 0 Å². The molecule has 1 aliphatic rings. The zero-order chi connectivity index (χ0) is 15.0. The van der Waals surface area contributed by atoms with Gasteiger partial charge in [-0.05, 0) is 16.7 Å². The fourth-order valence-corrected chi connectivity index (χ4v) is 2.65. The van der Waals surface area contributed by atoms with Crippen LogP contribution >= 0.6 is 0 Å². The van der Waals surface area contributed by atoms with Crippen LogP contribution in [0.15, 0.2) is 48.0 Å². The van der Waals surface area contributed by atoms with E-state index < -0.39 is 4.92 Å². The molecule has 0 radical (unpaired) electrons. The van der Waals surface area contributed by atoms with E-state index in [0.717, 1.165) is 5.56 Å². The molecule has 5 nitrogen and oxygen atoms in total. The van der Waals surface area contributed by atoms with Gasteiger partial charge in [0.05, 0.1) is 10.5 Å². The van der Waals surface area contributed by atoms with E-state index in [1.54, 1.807) is 24.3 Å². The van der Waals surface area contributed by atoms with Gasteiger partial charge >= 0.3 is 0 Å². The summed E-state index contributed by atoms with van der Waals surface area (Å²) in [5, 5.41) is 29.6. The van der Waals surface area contributed by atoms with Gasteiger partial charge in [0.1, 0.15) is 17.7 Å². The number of nitro benzene ring substituents is 1. The second kappa shape index (κ2) is 4.59. The maximum absolute atomic E-state index is 11.3. The maximum Gasteiger partial charge on any atom is 0.277 e. The SMILES string of the molecule is N#CC(C#N)=C1c2ccccc2-c2cccc([N+](=O)[O-])c21. The molecule has 0 N–H and O–H groups in total. The molecule has 0 unspecified atom stereocenters. The van der Waals surface area contributed by atoms with Crippen LogP contribution in [0.4, 0.5) is 5.69 Å². The second-order valence-electron chi connectivity index (χ2n) is 4.48. The van der Waals surface area contributed by atoms with Gasteiger partial charge in [-0.15, -0.1) is 0 Å². The Bertz CT molecular complexity index is 882. The third-order valence-corrected chi connectivity index (χ3v) is 3.45. The normalized spacial score (nSPS) is 11.0. The molecule has 3 rings (SSSR count). The number of nitriles is 2. The summed E-state index contributed by atoms with van der Waals surface area (Å²) >= 11 is 0. The van der Waals surface area contributed by atoms with E-state index in [2.05, 4.69) is 0 Å². The zero-order valence-corrected chi connectivity index (χ0v) is 10.7. The van der Waals surface area contributed by atoms with Crippen molar-refractivity contribution in [2.75, 3.05) is 0 Å². The molecular formula is C16H7N3O2. The number of rotatable bonds is 1. The van der Waals surface area contributed by atoms with E-state index in [1.807, 2.05) is 24.3 Å². The van der Waals surface area contributed by atoms with Crippen LogP contribution in [0.25, 0.3) is 16.7 Å². The number of benzene rings is 2. The quantitative estimate of drug-likeness (QED) is 0.386. The Hall–Kier alpha value is -3.44. The van der Waals surface area contributed by atoms with Gasteiger partial charge in [0.15, 0.2) is 0 Å². The highest BCUT2D eigenvalue weighted by molar-refractivity contribution is 6.06. The van der Waals surface area contributed by atoms with E-state index >= 15 is 0 Å². The molecule has 1 aliphatic carbocycles. The zero-order valence-electron chi connectivity index (χ0n) is 10.7. The number of allylic oxidation sites excluding steroid dienone is 1. The van der Waals surface area contributed by atoms with Gasteiger partial charge in [-0.2, -0.15) is 10.5 Å². The molecule has 0 saturated heterocycles. The number of fused-ring (bicyclic) bond motifs is 3. The van der Waals surface area contributed by atoms with Gasteiger partial charge in [-0.25, -0.2) is 0 Å². The predicted octanol–water partition coefficient (Wildman–Crippen LogP) is 3.42. The van der Waals surface area contributed by atoms with E-state index in [0.29, 0.717) is 22.3 Å². The summed E-state index contributed by atoms with van der Waals surface area (Å²) in [5.41, 5.74) is 2.64. The first kappa shape index (κ1) is 12.6. The summed E-state index contributed by atoms with van der Waals surface area (Å²) in [5.74, 6) is 0. The summed E-state index contributed by atoms with van der Waals surface area (Å²) in [6.45, 7) is 0. The van der Waals surface area contributed by atoms with Crippen molar-refractivity contribution in [1.29, 1.82) is 10.5 Å². The van der Waals surface area contributed by atoms with E-state index in [4.69, 9.17) is 10.5 Å². The number of nitrogens with zero attached hydrogens (tertiary/aromatic N) is 3. The molecule has 0 bridgehead atoms. The predicted molar refractivity (Wildman–Crippen MR) is 75.8 cm³/mol. The first-order valence-corrected chi connectivity index (χ1v) is 6.11. The lowest BCUT2D eigenvalue weighted by Gasteiger charge is -2.03. The number of hydrogen-bond acceptors (Lipinski definition) is 4. The third kappa shape index (κ3) is 1.69. The minimum absolute atomic E-state index is 0.0956. The highest BCUT2D eigenvalue weighted by Crippen LogP contribution is 2.48. The Morgan fingerprint density at radius 2 is 1.57 bits per heavy atom. The minimum Gasteiger partial charge on any atom is -0.258 e. The van der Waals surface area contributed by atoms with Crippen molar-refractivity contribution in [3.63, 3.8) is 0 Å². The van der Waals surface area contributed by atoms with Crippen LogP contribution in [0, 0.1) is 32.8 Å². The summed E-state index contributed by atoms with van der Waals surface area (Å²) < 4.78 is 0. The molecular weight excluding hydrogens is 266 g/mol. The Morgan fingerprint density at radius 3 is 2.19 bits per heavy atom. The van der Waals surface area contributed by atoms with Crippen LogP contribution in [-0.2, 0) is 0 Å². The molecule has 0 aliphatic heterocycles. The summed E-state index contributed by atoms with van der Waals surface area (Å²) in [7, 11) is 0. The Balaban J connectivity index is 2.52. The maximum atomic E-state index is 11.3. The number of nitro groups is 1. The smallest absolute Gasteiger partial charge is 0.258 e. The fourth-order valence-electron chi connectivity index (χ4n) is 2.65. The lowest BCUT2D eigenvalue weighted by Crippen LogP contribution is -1.95. The Morgan fingerprint density at radius 1 is 0.952 bits per heavy atom. The first-order chi connectivity index (χ1) is 10.2. The van der Waals surface area contributed by atoms with Crippen LogP contribution in [-0.4, -0.2) is 4.92 Å². The summed E-state index contributed by atoms with van der Waals surface area (Å²) in [6.07, 6.45) is 0. The van der Waals surface area contributed by atoms with Gasteiger partial charge in [0, 0.05) is 11.6 Å². The van der Waals surface area contributed by atoms with Crippen LogP contribution < -0.4 is 0 Å². The first-order valence-electron chi connectivity index (χ1n) is 6.11. The van der Waals surface area contributed by atoms with Gasteiger partial charge in [0.2, 0.25) is 0 Å². The van der Waals surface area contributed by atoms with Crippen molar-refractivity contribution in [3.8, 4) is 23.3 Å². The van der Waals surface area contributed by atoms with Gasteiger partial charge in [-0.1, -0.05) is 36.4 Å². The van der Waals surface area contributed by atoms with Crippen molar-refractivity contribution in [1.82, 2.24) is 0 Å². The lowest BCUT2D eigenvalue weighted by molar-refractivity contribution is -0.385. The highest BCUT2D eigenvalue weighted by atomic mass is 16.6. The molecule has 0 atom stereocenters. The minimum atomic E-state index is -0.489. The third-order valence-electron chi connectivity index (χ3n) is 3.45. The molecule has 0 saturated carbocycles. The molecule has 2 aromatic rings. The molecule has 98 valence electrons.